The third-order valence-corrected chi connectivity index (χ3v) is 12.4. The maximum atomic E-state index is 15.0. The molecule has 4 aromatic carbocycles. The number of carbonyl (C=O) groups excluding carboxylic acids is 4. The van der Waals surface area contributed by atoms with Crippen LogP contribution in [0.2, 0.25) is 0 Å². The second-order valence-corrected chi connectivity index (χ2v) is 14.7. The van der Waals surface area contributed by atoms with E-state index < -0.39 is 53.1 Å². The minimum absolute atomic E-state index is 0.193. The standard InChI is InChI=1S/C40H35FN6O4/c41-24-15-16-26-28(19-24)45-38-40(26,21-32-34(49)43-30(36(51)47(32)38)18-23-11-5-2-6-12-23)39-20-31-33(48)42-29(17-22-9-3-1-4-10-22)35(50)46(31)37(39)44-27-14-8-7-13-25(27)39/h1-16,19,29-32,37-38,44-45H,17-18,20-21H2,(H,42,48)(H,43,49)/t29-,30-,31-,32-,37+,38+,39-,40+/m0/s1. The first-order valence-corrected chi connectivity index (χ1v) is 17.6. The van der Waals surface area contributed by atoms with Crippen molar-refractivity contribution in [1.29, 1.82) is 0 Å². The number of nitrogens with one attached hydrogen (secondary N) is 4. The zero-order valence-electron chi connectivity index (χ0n) is 27.5. The number of hydrogen-bond donors (Lipinski definition) is 4. The van der Waals surface area contributed by atoms with E-state index in [-0.39, 0.29) is 36.5 Å². The van der Waals surface area contributed by atoms with E-state index in [2.05, 4.69) is 21.3 Å². The van der Waals surface area contributed by atoms with Crippen LogP contribution in [0.3, 0.4) is 0 Å². The number of nitrogens with zero attached hydrogens (tertiary/aromatic N) is 2. The molecule has 11 heteroatoms. The van der Waals surface area contributed by atoms with E-state index in [1.54, 1.807) is 15.9 Å². The number of amides is 4. The number of para-hydroxylation sites is 1. The van der Waals surface area contributed by atoms with Crippen LogP contribution >= 0.6 is 0 Å². The van der Waals surface area contributed by atoms with Crippen molar-refractivity contribution in [3.05, 3.63) is 131 Å². The van der Waals surface area contributed by atoms with Gasteiger partial charge in [-0.05, 0) is 53.3 Å². The molecule has 0 unspecified atom stereocenters. The van der Waals surface area contributed by atoms with Gasteiger partial charge in [-0.1, -0.05) is 84.9 Å². The summed E-state index contributed by atoms with van der Waals surface area (Å²) in [6, 6.07) is 28.5. The Labute approximate surface area is 293 Å². The highest BCUT2D eigenvalue weighted by atomic mass is 19.1. The molecule has 256 valence electrons. The van der Waals surface area contributed by atoms with Gasteiger partial charge in [-0.25, -0.2) is 4.39 Å². The van der Waals surface area contributed by atoms with Gasteiger partial charge in [0.25, 0.3) is 0 Å². The normalized spacial score (nSPS) is 32.5. The summed E-state index contributed by atoms with van der Waals surface area (Å²) in [7, 11) is 0. The molecule has 6 aliphatic rings. The zero-order chi connectivity index (χ0) is 34.6. The molecule has 4 amide bonds. The van der Waals surface area contributed by atoms with Crippen LogP contribution in [0.1, 0.15) is 35.1 Å². The highest BCUT2D eigenvalue weighted by Crippen LogP contribution is 2.68. The van der Waals surface area contributed by atoms with Crippen molar-refractivity contribution < 1.29 is 23.6 Å². The van der Waals surface area contributed by atoms with E-state index in [9.17, 15) is 23.6 Å². The summed E-state index contributed by atoms with van der Waals surface area (Å²) in [5, 5.41) is 13.2. The molecule has 8 atom stereocenters. The fourth-order valence-electron chi connectivity index (χ4n) is 10.4. The molecule has 4 saturated heterocycles. The lowest BCUT2D eigenvalue weighted by molar-refractivity contribution is -0.149. The van der Waals surface area contributed by atoms with Crippen LogP contribution in [0.5, 0.6) is 0 Å². The summed E-state index contributed by atoms with van der Waals surface area (Å²) in [6.07, 6.45) is -0.318. The van der Waals surface area contributed by atoms with Crippen molar-refractivity contribution in [2.75, 3.05) is 10.6 Å². The topological polar surface area (TPSA) is 123 Å². The largest absolute Gasteiger partial charge is 0.364 e. The van der Waals surface area contributed by atoms with Crippen molar-refractivity contribution >= 4 is 35.0 Å². The van der Waals surface area contributed by atoms with Gasteiger partial charge in [-0.3, -0.25) is 19.2 Å². The monoisotopic (exact) mass is 682 g/mol. The molecule has 0 aliphatic carbocycles. The second kappa shape index (κ2) is 10.6. The lowest BCUT2D eigenvalue weighted by Crippen LogP contribution is -2.67. The van der Waals surface area contributed by atoms with Crippen LogP contribution in [0.25, 0.3) is 0 Å². The number of hydrogen-bond acceptors (Lipinski definition) is 6. The Morgan fingerprint density at radius 1 is 0.569 bits per heavy atom. The van der Waals surface area contributed by atoms with Crippen molar-refractivity contribution in [2.45, 2.75) is 73.0 Å². The summed E-state index contributed by atoms with van der Waals surface area (Å²) in [5.41, 5.74) is 2.85. The Kier molecular flexibility index (Phi) is 6.29. The molecule has 0 radical (unpaired) electrons. The average Bonchev–Trinajstić information content (AvgIpc) is 3.85. The third kappa shape index (κ3) is 3.97. The second-order valence-electron chi connectivity index (χ2n) is 14.7. The summed E-state index contributed by atoms with van der Waals surface area (Å²) >= 11 is 0. The number of rotatable bonds is 5. The van der Waals surface area contributed by atoms with Gasteiger partial charge >= 0.3 is 0 Å². The van der Waals surface area contributed by atoms with Gasteiger partial charge in [0.1, 0.15) is 42.3 Å². The molecular weight excluding hydrogens is 647 g/mol. The first-order valence-electron chi connectivity index (χ1n) is 17.6. The Morgan fingerprint density at radius 2 is 1.04 bits per heavy atom. The van der Waals surface area contributed by atoms with Gasteiger partial charge in [-0.15, -0.1) is 0 Å². The maximum absolute atomic E-state index is 15.0. The molecule has 4 fully saturated rings. The average molecular weight is 683 g/mol. The van der Waals surface area contributed by atoms with Crippen molar-refractivity contribution in [2.24, 2.45) is 0 Å². The van der Waals surface area contributed by atoms with Crippen LogP contribution < -0.4 is 21.3 Å². The lowest BCUT2D eigenvalue weighted by atomic mass is 9.54. The predicted molar refractivity (Wildman–Crippen MR) is 186 cm³/mol. The number of benzene rings is 4. The highest BCUT2D eigenvalue weighted by molar-refractivity contribution is 6.01. The van der Waals surface area contributed by atoms with Crippen LogP contribution in [0, 0.1) is 5.82 Å². The molecule has 51 heavy (non-hydrogen) atoms. The number of carbonyl (C=O) groups is 4. The number of halogens is 1. The van der Waals surface area contributed by atoms with Crippen LogP contribution in [-0.4, -0.2) is 69.9 Å². The smallest absolute Gasteiger partial charge is 0.247 e. The van der Waals surface area contributed by atoms with Gasteiger partial charge in [-0.2, -0.15) is 0 Å². The van der Waals surface area contributed by atoms with Gasteiger partial charge in [0.2, 0.25) is 23.6 Å². The van der Waals surface area contributed by atoms with Gasteiger partial charge in [0.05, 0.1) is 10.8 Å². The fraction of sp³-hybridized carbons (Fsp3) is 0.300. The Morgan fingerprint density at radius 3 is 1.59 bits per heavy atom. The van der Waals surface area contributed by atoms with E-state index in [4.69, 9.17) is 0 Å². The van der Waals surface area contributed by atoms with Gasteiger partial charge in [0, 0.05) is 24.2 Å². The van der Waals surface area contributed by atoms with Crippen LogP contribution in [-0.2, 0) is 42.8 Å². The molecule has 4 aromatic rings. The highest BCUT2D eigenvalue weighted by Gasteiger charge is 2.78. The molecule has 0 spiro atoms. The minimum Gasteiger partial charge on any atom is -0.364 e. The first-order chi connectivity index (χ1) is 24.8. The maximum Gasteiger partial charge on any atom is 0.247 e. The van der Waals surface area contributed by atoms with Crippen molar-refractivity contribution in [3.8, 4) is 0 Å². The van der Waals surface area contributed by atoms with Gasteiger partial charge < -0.3 is 31.1 Å². The summed E-state index contributed by atoms with van der Waals surface area (Å²) < 4.78 is 15.0. The first kappa shape index (κ1) is 30.1. The van der Waals surface area contributed by atoms with Crippen LogP contribution in [0.4, 0.5) is 15.8 Å². The minimum atomic E-state index is -1.04. The summed E-state index contributed by atoms with van der Waals surface area (Å²) in [6.45, 7) is 0. The van der Waals surface area contributed by atoms with Gasteiger partial charge in [0.15, 0.2) is 0 Å². The number of anilines is 2. The number of fused-ring (bicyclic) bond motifs is 11. The fourth-order valence-corrected chi connectivity index (χ4v) is 10.4. The van der Waals surface area contributed by atoms with Crippen molar-refractivity contribution in [3.63, 3.8) is 0 Å². The molecule has 4 N–H and O–H groups in total. The molecule has 0 saturated carbocycles. The molecule has 10 nitrogen and oxygen atoms in total. The summed E-state index contributed by atoms with van der Waals surface area (Å²) in [5.74, 6) is -1.35. The number of piperazine rings is 2. The molecule has 6 aliphatic heterocycles. The van der Waals surface area contributed by atoms with Crippen LogP contribution in [0.15, 0.2) is 103 Å². The zero-order valence-corrected chi connectivity index (χ0v) is 27.5. The lowest BCUT2D eigenvalue weighted by Gasteiger charge is -2.48. The van der Waals surface area contributed by atoms with E-state index in [0.717, 1.165) is 27.9 Å². The van der Waals surface area contributed by atoms with E-state index in [0.29, 0.717) is 18.5 Å². The quantitative estimate of drug-likeness (QED) is 0.257. The molecule has 10 rings (SSSR count). The predicted octanol–water partition coefficient (Wildman–Crippen LogP) is 3.19. The third-order valence-electron chi connectivity index (χ3n) is 12.4. The van der Waals surface area contributed by atoms with E-state index in [1.165, 1.54) is 12.1 Å². The Balaban J connectivity index is 1.14. The molecular formula is C40H35FN6O4. The summed E-state index contributed by atoms with van der Waals surface area (Å²) in [4.78, 5) is 61.0. The SMILES string of the molecule is O=C1N[C@@H](Cc2ccccc2)C(=O)N2[C@H]3Nc4ccccc4[C@@]3([C@@]34C[C@H]5C(=O)N[C@@H](Cc6ccccc6)C(=O)N5[C@H]3Nc3cc(F)ccc34)C[C@@H]12. The van der Waals surface area contributed by atoms with Crippen molar-refractivity contribution in [1.82, 2.24) is 20.4 Å². The Hall–Kier alpha value is -5.71. The Bertz CT molecular complexity index is 2150. The van der Waals surface area contributed by atoms with E-state index in [1.807, 2.05) is 84.9 Å². The molecule has 0 aromatic heterocycles. The van der Waals surface area contributed by atoms with E-state index >= 15 is 0 Å². The molecule has 0 bridgehead atoms. The molecule has 6 heterocycles.